The first-order valence-corrected chi connectivity index (χ1v) is 15.1. The van der Waals surface area contributed by atoms with Gasteiger partial charge in [-0.3, -0.25) is 0 Å². The van der Waals surface area contributed by atoms with E-state index in [1.54, 1.807) is 5.57 Å². The second kappa shape index (κ2) is 7.83. The van der Waals surface area contributed by atoms with Crippen molar-refractivity contribution in [2.75, 3.05) is 13.2 Å². The molecule has 0 bridgehead atoms. The minimum atomic E-state index is -0.561. The van der Waals surface area contributed by atoms with Gasteiger partial charge in [0.2, 0.25) is 0 Å². The maximum absolute atomic E-state index is 10.9. The van der Waals surface area contributed by atoms with Crippen molar-refractivity contribution < 1.29 is 19.3 Å². The van der Waals surface area contributed by atoms with Gasteiger partial charge in [-0.1, -0.05) is 46.3 Å². The molecule has 0 spiro atoms. The van der Waals surface area contributed by atoms with E-state index in [0.29, 0.717) is 41.1 Å². The van der Waals surface area contributed by atoms with Crippen LogP contribution in [0.5, 0.6) is 0 Å². The molecule has 4 heteroatoms. The van der Waals surface area contributed by atoms with Crippen molar-refractivity contribution in [3.8, 4) is 0 Å². The number of allylic oxidation sites excluding steroid dienone is 2. The summed E-state index contributed by atoms with van der Waals surface area (Å²) >= 11 is 0. The molecular weight excluding hydrogens is 448 g/mol. The normalized spacial score (nSPS) is 54.9. The lowest BCUT2D eigenvalue weighted by Gasteiger charge is -2.64. The van der Waals surface area contributed by atoms with Gasteiger partial charge in [-0.05, 0) is 111 Å². The Labute approximate surface area is 219 Å². The van der Waals surface area contributed by atoms with Crippen LogP contribution in [0.2, 0.25) is 0 Å². The van der Waals surface area contributed by atoms with Crippen molar-refractivity contribution >= 4 is 0 Å². The zero-order valence-electron chi connectivity index (χ0n) is 24.3. The predicted octanol–water partition coefficient (Wildman–Crippen LogP) is 6.90. The van der Waals surface area contributed by atoms with E-state index in [-0.39, 0.29) is 28.6 Å². The van der Waals surface area contributed by atoms with Crippen LogP contribution in [-0.2, 0) is 14.2 Å². The van der Waals surface area contributed by atoms with Gasteiger partial charge < -0.3 is 19.3 Å². The van der Waals surface area contributed by atoms with E-state index in [1.807, 2.05) is 0 Å². The first kappa shape index (κ1) is 25.8. The minimum Gasteiger partial charge on any atom is -0.393 e. The molecule has 1 N–H and O–H groups in total. The average molecular weight is 501 g/mol. The molecule has 0 radical (unpaired) electrons. The van der Waals surface area contributed by atoms with E-state index >= 15 is 0 Å². The number of hydrogen-bond donors (Lipinski definition) is 1. The number of rotatable bonds is 4. The molecular formula is C32H52O4. The zero-order chi connectivity index (χ0) is 25.9. The molecule has 5 fully saturated rings. The molecule has 0 amide bonds. The molecule has 0 aromatic rings. The molecule has 0 unspecified atom stereocenters. The van der Waals surface area contributed by atoms with Crippen molar-refractivity contribution in [2.45, 2.75) is 130 Å². The fraction of sp³-hybridized carbons (Fsp3) is 0.938. The molecule has 36 heavy (non-hydrogen) atoms. The Morgan fingerprint density at radius 3 is 2.39 bits per heavy atom. The predicted molar refractivity (Wildman–Crippen MR) is 142 cm³/mol. The Kier molecular flexibility index (Phi) is 5.62. The summed E-state index contributed by atoms with van der Waals surface area (Å²) in [6, 6.07) is 0. The van der Waals surface area contributed by atoms with Gasteiger partial charge >= 0.3 is 0 Å². The van der Waals surface area contributed by atoms with Crippen molar-refractivity contribution in [2.24, 2.45) is 45.3 Å². The number of fused-ring (bicyclic) bond motifs is 5. The molecule has 2 saturated heterocycles. The van der Waals surface area contributed by atoms with Crippen LogP contribution >= 0.6 is 0 Å². The average Bonchev–Trinajstić information content (AvgIpc) is 3.12. The van der Waals surface area contributed by atoms with E-state index in [0.717, 1.165) is 25.9 Å². The Morgan fingerprint density at radius 1 is 1.00 bits per heavy atom. The highest BCUT2D eigenvalue weighted by atomic mass is 16.7. The molecule has 204 valence electrons. The molecule has 0 aromatic heterocycles. The fourth-order valence-corrected chi connectivity index (χ4v) is 11.0. The van der Waals surface area contributed by atoms with E-state index < -0.39 is 5.79 Å². The molecule has 4 aliphatic carbocycles. The maximum Gasteiger partial charge on any atom is 0.197 e. The molecule has 0 aromatic carbocycles. The van der Waals surface area contributed by atoms with Crippen LogP contribution in [0.25, 0.3) is 0 Å². The van der Waals surface area contributed by atoms with Crippen molar-refractivity contribution in [3.05, 3.63) is 11.6 Å². The van der Waals surface area contributed by atoms with Crippen molar-refractivity contribution in [1.29, 1.82) is 0 Å². The van der Waals surface area contributed by atoms with Gasteiger partial charge in [0.15, 0.2) is 5.79 Å². The van der Waals surface area contributed by atoms with Gasteiger partial charge in [0.25, 0.3) is 0 Å². The fourth-order valence-electron chi connectivity index (χ4n) is 11.0. The Hall–Kier alpha value is -0.420. The van der Waals surface area contributed by atoms with Crippen LogP contribution in [0.1, 0.15) is 107 Å². The lowest BCUT2D eigenvalue weighted by molar-refractivity contribution is -0.219. The standard InChI is InChI=1S/C32H52O4/c1-9-34-32(26-28(4,5)36-26)18-20(19-35-32)21-12-16-31(8)23-10-11-24-27(2,3)25(33)14-15-29(24,6)22(23)13-17-30(21,31)7/h10,20-22,24-26,33H,9,11-19H2,1-8H3/t20-,21+,22+,24+,25-,26-,29-,30+,31-,32-/m1/s1. The van der Waals surface area contributed by atoms with E-state index in [1.165, 1.54) is 32.1 Å². The smallest absolute Gasteiger partial charge is 0.197 e. The van der Waals surface area contributed by atoms with Crippen LogP contribution in [0.15, 0.2) is 11.6 Å². The second-order valence-corrected chi connectivity index (χ2v) is 15.4. The summed E-state index contributed by atoms with van der Waals surface area (Å²) in [5.74, 6) is 1.89. The van der Waals surface area contributed by atoms with Gasteiger partial charge in [-0.25, -0.2) is 0 Å². The first-order chi connectivity index (χ1) is 16.8. The van der Waals surface area contributed by atoms with E-state index in [4.69, 9.17) is 14.2 Å². The second-order valence-electron chi connectivity index (χ2n) is 15.4. The Bertz CT molecular complexity index is 938. The number of ether oxygens (including phenoxy) is 3. The Morgan fingerprint density at radius 2 is 1.72 bits per heavy atom. The third kappa shape index (κ3) is 3.20. The summed E-state index contributed by atoms with van der Waals surface area (Å²) in [6.45, 7) is 20.4. The maximum atomic E-state index is 10.9. The SMILES string of the molecule is CCO[C@]1([C@@H]2OC2(C)C)C[C@@H]([C@@H]2CC[C@]3(C)C4=CC[C@H]5C(C)(C)[C@H](O)CC[C@]5(C)[C@H]4CC[C@@]23C)CO1. The summed E-state index contributed by atoms with van der Waals surface area (Å²) < 4.78 is 19.0. The van der Waals surface area contributed by atoms with Gasteiger partial charge in [0.1, 0.15) is 6.10 Å². The van der Waals surface area contributed by atoms with Crippen molar-refractivity contribution in [3.63, 3.8) is 0 Å². The highest BCUT2D eigenvalue weighted by Crippen LogP contribution is 2.74. The summed E-state index contributed by atoms with van der Waals surface area (Å²) in [7, 11) is 0. The van der Waals surface area contributed by atoms with Crippen LogP contribution in [0.4, 0.5) is 0 Å². The van der Waals surface area contributed by atoms with E-state index in [9.17, 15) is 5.11 Å². The van der Waals surface area contributed by atoms with Crippen LogP contribution in [0.3, 0.4) is 0 Å². The summed E-state index contributed by atoms with van der Waals surface area (Å²) in [6.07, 6.45) is 12.0. The van der Waals surface area contributed by atoms with Crippen LogP contribution < -0.4 is 0 Å². The number of epoxide rings is 1. The summed E-state index contributed by atoms with van der Waals surface area (Å²) in [5, 5.41) is 10.9. The van der Waals surface area contributed by atoms with Gasteiger partial charge in [0.05, 0.1) is 18.3 Å². The molecule has 6 rings (SSSR count). The lowest BCUT2D eigenvalue weighted by atomic mass is 9.41. The van der Waals surface area contributed by atoms with Gasteiger partial charge in [-0.2, -0.15) is 0 Å². The summed E-state index contributed by atoms with van der Waals surface area (Å²) in [4.78, 5) is 0. The highest BCUT2D eigenvalue weighted by Gasteiger charge is 2.69. The van der Waals surface area contributed by atoms with Gasteiger partial charge in [0, 0.05) is 13.0 Å². The largest absolute Gasteiger partial charge is 0.393 e. The lowest BCUT2D eigenvalue weighted by Crippen LogP contribution is -2.58. The molecule has 6 aliphatic rings. The van der Waals surface area contributed by atoms with Crippen LogP contribution in [-0.4, -0.2) is 41.9 Å². The third-order valence-corrected chi connectivity index (χ3v) is 13.3. The number of aliphatic hydroxyl groups is 1. The molecule has 2 heterocycles. The minimum absolute atomic E-state index is 0.00263. The third-order valence-electron chi connectivity index (χ3n) is 13.3. The monoisotopic (exact) mass is 500 g/mol. The quantitative estimate of drug-likeness (QED) is 0.337. The van der Waals surface area contributed by atoms with Gasteiger partial charge in [-0.15, -0.1) is 0 Å². The molecule has 2 aliphatic heterocycles. The number of aliphatic hydroxyl groups excluding tert-OH is 1. The number of hydrogen-bond acceptors (Lipinski definition) is 4. The highest BCUT2D eigenvalue weighted by molar-refractivity contribution is 5.33. The van der Waals surface area contributed by atoms with Crippen molar-refractivity contribution in [1.82, 2.24) is 0 Å². The molecule has 4 nitrogen and oxygen atoms in total. The Balaban J connectivity index is 1.28. The topological polar surface area (TPSA) is 51.2 Å². The zero-order valence-corrected chi connectivity index (χ0v) is 24.3. The first-order valence-electron chi connectivity index (χ1n) is 15.1. The molecule has 3 saturated carbocycles. The van der Waals surface area contributed by atoms with Crippen LogP contribution in [0, 0.1) is 45.3 Å². The van der Waals surface area contributed by atoms with E-state index in [2.05, 4.69) is 61.5 Å². The summed E-state index contributed by atoms with van der Waals surface area (Å²) in [5.41, 5.74) is 2.52. The molecule has 10 atom stereocenters.